The van der Waals surface area contributed by atoms with E-state index in [9.17, 15) is 0 Å². The number of fused-ring (bicyclic) bond motifs is 1. The molecule has 0 fully saturated rings. The molecule has 1 aromatic heterocycles. The molecule has 0 N–H and O–H groups in total. The van der Waals surface area contributed by atoms with Gasteiger partial charge in [0.2, 0.25) is 11.7 Å². The van der Waals surface area contributed by atoms with Crippen molar-refractivity contribution in [2.75, 3.05) is 27.9 Å². The average molecular weight is 381 g/mol. The van der Waals surface area contributed by atoms with E-state index in [4.69, 9.17) is 18.7 Å². The predicted octanol–water partition coefficient (Wildman–Crippen LogP) is 3.32. The number of rotatable bonds is 6. The zero-order valence-electron chi connectivity index (χ0n) is 16.3. The van der Waals surface area contributed by atoms with E-state index in [1.165, 1.54) is 11.1 Å². The number of hydrogen-bond donors (Lipinski definition) is 0. The highest BCUT2D eigenvalue weighted by atomic mass is 16.5. The summed E-state index contributed by atoms with van der Waals surface area (Å²) in [7, 11) is 4.96. The fourth-order valence-electron chi connectivity index (χ4n) is 3.47. The highest BCUT2D eigenvalue weighted by Crippen LogP contribution is 2.33. The van der Waals surface area contributed by atoms with Crippen LogP contribution in [0.4, 0.5) is 0 Å². The lowest BCUT2D eigenvalue weighted by Gasteiger charge is -2.28. The van der Waals surface area contributed by atoms with Gasteiger partial charge in [-0.25, -0.2) is 0 Å². The molecule has 28 heavy (non-hydrogen) atoms. The van der Waals surface area contributed by atoms with Crippen LogP contribution >= 0.6 is 0 Å². The zero-order chi connectivity index (χ0) is 19.5. The first-order chi connectivity index (χ1) is 13.7. The Morgan fingerprint density at radius 2 is 1.79 bits per heavy atom. The second kappa shape index (κ2) is 7.90. The molecule has 7 heteroatoms. The van der Waals surface area contributed by atoms with Gasteiger partial charge in [-0.1, -0.05) is 17.3 Å². The van der Waals surface area contributed by atoms with Gasteiger partial charge in [0.15, 0.2) is 11.5 Å². The highest BCUT2D eigenvalue weighted by molar-refractivity contribution is 5.56. The van der Waals surface area contributed by atoms with E-state index in [0.29, 0.717) is 18.3 Å². The first-order valence-electron chi connectivity index (χ1n) is 9.13. The monoisotopic (exact) mass is 381 g/mol. The van der Waals surface area contributed by atoms with Crippen molar-refractivity contribution in [3.8, 4) is 28.6 Å². The van der Waals surface area contributed by atoms with Gasteiger partial charge in [0, 0.05) is 18.7 Å². The van der Waals surface area contributed by atoms with Gasteiger partial charge in [0.05, 0.1) is 27.9 Å². The summed E-state index contributed by atoms with van der Waals surface area (Å²) in [6.07, 6.45) is 0.937. The number of hydrogen-bond acceptors (Lipinski definition) is 7. The molecule has 0 saturated heterocycles. The van der Waals surface area contributed by atoms with Crippen molar-refractivity contribution in [2.24, 2.45) is 0 Å². The quantitative estimate of drug-likeness (QED) is 0.649. The normalized spacial score (nSPS) is 13.8. The molecule has 2 aromatic carbocycles. The predicted molar refractivity (Wildman–Crippen MR) is 104 cm³/mol. The first kappa shape index (κ1) is 18.3. The Balaban J connectivity index is 1.48. The van der Waals surface area contributed by atoms with Crippen LogP contribution in [0, 0.1) is 0 Å². The number of ether oxygens (including phenoxy) is 3. The highest BCUT2D eigenvalue weighted by Gasteiger charge is 2.21. The van der Waals surface area contributed by atoms with E-state index in [-0.39, 0.29) is 0 Å². The molecule has 0 bridgehead atoms. The van der Waals surface area contributed by atoms with Crippen molar-refractivity contribution in [3.63, 3.8) is 0 Å². The van der Waals surface area contributed by atoms with E-state index in [1.54, 1.807) is 21.3 Å². The largest absolute Gasteiger partial charge is 0.497 e. The van der Waals surface area contributed by atoms with Gasteiger partial charge < -0.3 is 18.7 Å². The minimum atomic E-state index is 0.567. The Labute approximate surface area is 163 Å². The summed E-state index contributed by atoms with van der Waals surface area (Å²) in [5.41, 5.74) is 3.39. The molecule has 0 amide bonds. The minimum absolute atomic E-state index is 0.567. The summed E-state index contributed by atoms with van der Waals surface area (Å²) < 4.78 is 21.6. The molecular weight excluding hydrogens is 358 g/mol. The molecule has 0 unspecified atom stereocenters. The summed E-state index contributed by atoms with van der Waals surface area (Å²) >= 11 is 0. The third kappa shape index (κ3) is 3.66. The second-order valence-corrected chi connectivity index (χ2v) is 6.68. The van der Waals surface area contributed by atoms with Gasteiger partial charge >= 0.3 is 0 Å². The smallest absolute Gasteiger partial charge is 0.241 e. The van der Waals surface area contributed by atoms with Gasteiger partial charge in [-0.05, 0) is 41.8 Å². The molecule has 0 radical (unpaired) electrons. The number of benzene rings is 2. The third-order valence-corrected chi connectivity index (χ3v) is 4.95. The van der Waals surface area contributed by atoms with E-state index < -0.39 is 0 Å². The standard InChI is InChI=1S/C21H23N3O4/c1-25-17-6-4-5-15(9-17)21-22-20(28-23-21)13-24-8-7-14-10-18(26-2)19(27-3)11-16(14)12-24/h4-6,9-11H,7-8,12-13H2,1-3H3. The maximum absolute atomic E-state index is 5.48. The summed E-state index contributed by atoms with van der Waals surface area (Å²) in [6, 6.07) is 11.8. The number of nitrogens with zero attached hydrogens (tertiary/aromatic N) is 3. The third-order valence-electron chi connectivity index (χ3n) is 4.95. The lowest BCUT2D eigenvalue weighted by Crippen LogP contribution is -2.30. The fourth-order valence-corrected chi connectivity index (χ4v) is 3.47. The number of aromatic nitrogens is 2. The van der Waals surface area contributed by atoms with Gasteiger partial charge in [0.25, 0.3) is 0 Å². The van der Waals surface area contributed by atoms with Gasteiger partial charge in [-0.3, -0.25) is 4.90 Å². The van der Waals surface area contributed by atoms with Crippen molar-refractivity contribution in [1.82, 2.24) is 15.0 Å². The Bertz CT molecular complexity index is 970. The molecule has 4 rings (SSSR count). The summed E-state index contributed by atoms with van der Waals surface area (Å²) in [5, 5.41) is 4.12. The first-order valence-corrected chi connectivity index (χ1v) is 9.13. The number of methoxy groups -OCH3 is 3. The molecule has 0 spiro atoms. The lowest BCUT2D eigenvalue weighted by atomic mass is 9.99. The molecule has 146 valence electrons. The van der Waals surface area contributed by atoms with Crippen LogP contribution in [-0.4, -0.2) is 42.9 Å². The Morgan fingerprint density at radius 3 is 2.54 bits per heavy atom. The molecule has 0 atom stereocenters. The van der Waals surface area contributed by atoms with Crippen LogP contribution in [0.15, 0.2) is 40.9 Å². The topological polar surface area (TPSA) is 69.9 Å². The molecule has 1 aliphatic rings. The van der Waals surface area contributed by atoms with Gasteiger partial charge in [0.1, 0.15) is 5.75 Å². The van der Waals surface area contributed by atoms with Crippen LogP contribution in [-0.2, 0) is 19.5 Å². The van der Waals surface area contributed by atoms with Crippen molar-refractivity contribution >= 4 is 0 Å². The average Bonchev–Trinajstić information content (AvgIpc) is 3.21. The maximum atomic E-state index is 5.48. The second-order valence-electron chi connectivity index (χ2n) is 6.68. The molecule has 1 aliphatic heterocycles. The van der Waals surface area contributed by atoms with E-state index >= 15 is 0 Å². The molecule has 7 nitrogen and oxygen atoms in total. The van der Waals surface area contributed by atoms with Crippen LogP contribution in [0.5, 0.6) is 17.2 Å². The van der Waals surface area contributed by atoms with Crippen molar-refractivity contribution in [1.29, 1.82) is 0 Å². The van der Waals surface area contributed by atoms with Crippen molar-refractivity contribution in [2.45, 2.75) is 19.5 Å². The minimum Gasteiger partial charge on any atom is -0.497 e. The van der Waals surface area contributed by atoms with Gasteiger partial charge in [-0.2, -0.15) is 4.98 Å². The summed E-state index contributed by atoms with van der Waals surface area (Å²) in [5.74, 6) is 3.45. The van der Waals surface area contributed by atoms with E-state index in [0.717, 1.165) is 42.3 Å². The molecule has 3 aromatic rings. The SMILES string of the molecule is COc1cccc(-c2noc(CN3CCc4cc(OC)c(OC)cc4C3)n2)c1. The molecule has 0 saturated carbocycles. The van der Waals surface area contributed by atoms with Crippen LogP contribution in [0.25, 0.3) is 11.4 Å². The van der Waals surface area contributed by atoms with Crippen LogP contribution in [0.2, 0.25) is 0 Å². The van der Waals surface area contributed by atoms with Crippen LogP contribution in [0.1, 0.15) is 17.0 Å². The molecular formula is C21H23N3O4. The fraction of sp³-hybridized carbons (Fsp3) is 0.333. The zero-order valence-corrected chi connectivity index (χ0v) is 16.3. The van der Waals surface area contributed by atoms with E-state index in [2.05, 4.69) is 27.2 Å². The lowest BCUT2D eigenvalue weighted by molar-refractivity contribution is 0.210. The Morgan fingerprint density at radius 1 is 1.00 bits per heavy atom. The van der Waals surface area contributed by atoms with Crippen molar-refractivity contribution < 1.29 is 18.7 Å². The van der Waals surface area contributed by atoms with Crippen LogP contribution < -0.4 is 14.2 Å². The molecule has 0 aliphatic carbocycles. The summed E-state index contributed by atoms with van der Waals surface area (Å²) in [6.45, 7) is 2.32. The summed E-state index contributed by atoms with van der Waals surface area (Å²) in [4.78, 5) is 6.84. The van der Waals surface area contributed by atoms with E-state index in [1.807, 2.05) is 24.3 Å². The Hall–Kier alpha value is -3.06. The van der Waals surface area contributed by atoms with Crippen molar-refractivity contribution in [3.05, 3.63) is 53.4 Å². The Kier molecular flexibility index (Phi) is 5.16. The molecule has 2 heterocycles. The maximum Gasteiger partial charge on any atom is 0.241 e. The van der Waals surface area contributed by atoms with Crippen LogP contribution in [0.3, 0.4) is 0 Å². The van der Waals surface area contributed by atoms with Gasteiger partial charge in [-0.15, -0.1) is 0 Å².